The van der Waals surface area contributed by atoms with Crippen LogP contribution in [0.25, 0.3) is 0 Å². The number of nitrogens with zero attached hydrogens (tertiary/aromatic N) is 1. The van der Waals surface area contributed by atoms with Crippen LogP contribution in [0.5, 0.6) is 0 Å². The normalized spacial score (nSPS) is 10.7. The van der Waals surface area contributed by atoms with Crippen LogP contribution in [0, 0.1) is 0 Å². The van der Waals surface area contributed by atoms with Crippen molar-refractivity contribution in [3.05, 3.63) is 35.0 Å². The largest absolute Gasteiger partial charge is 0.490 e. The average molecular weight is 385 g/mol. The number of halogens is 4. The van der Waals surface area contributed by atoms with Gasteiger partial charge in [0.15, 0.2) is 0 Å². The SMILES string of the molecule is O=C(O)C(F)(F)F.O=C(O)c1cccnc1NCC/C=C/Br. The summed E-state index contributed by atoms with van der Waals surface area (Å²) in [4.78, 5) is 25.4. The van der Waals surface area contributed by atoms with Crippen molar-refractivity contribution >= 4 is 33.7 Å². The monoisotopic (exact) mass is 384 g/mol. The number of hydrogen-bond donors (Lipinski definition) is 3. The van der Waals surface area contributed by atoms with Crippen LogP contribution in [0.2, 0.25) is 0 Å². The summed E-state index contributed by atoms with van der Waals surface area (Å²) >= 11 is 3.16. The van der Waals surface area contributed by atoms with Crippen molar-refractivity contribution in [3.63, 3.8) is 0 Å². The molecule has 0 aliphatic rings. The molecule has 0 bridgehead atoms. The first-order valence-electron chi connectivity index (χ1n) is 5.67. The minimum absolute atomic E-state index is 0.195. The van der Waals surface area contributed by atoms with Gasteiger partial charge in [0.25, 0.3) is 0 Å². The number of carboxylic acids is 2. The molecule has 22 heavy (non-hydrogen) atoms. The second kappa shape index (κ2) is 9.77. The summed E-state index contributed by atoms with van der Waals surface area (Å²) in [6.07, 6.45) is -0.785. The molecule has 0 unspecified atom stereocenters. The maximum atomic E-state index is 10.8. The number of anilines is 1. The molecular weight excluding hydrogens is 373 g/mol. The van der Waals surface area contributed by atoms with E-state index in [0.29, 0.717) is 12.4 Å². The predicted octanol–water partition coefficient (Wildman–Crippen LogP) is 3.12. The third-order valence-electron chi connectivity index (χ3n) is 1.97. The van der Waals surface area contributed by atoms with Gasteiger partial charge in [0.1, 0.15) is 11.4 Å². The number of alkyl halides is 3. The molecule has 0 amide bonds. The van der Waals surface area contributed by atoms with E-state index in [1.165, 1.54) is 6.07 Å². The van der Waals surface area contributed by atoms with Gasteiger partial charge in [0.05, 0.1) is 0 Å². The van der Waals surface area contributed by atoms with Gasteiger partial charge in [-0.1, -0.05) is 22.0 Å². The molecular formula is C12H12BrF3N2O4. The van der Waals surface area contributed by atoms with Crippen molar-refractivity contribution in [3.8, 4) is 0 Å². The Labute approximate surface area is 131 Å². The lowest BCUT2D eigenvalue weighted by molar-refractivity contribution is -0.192. The van der Waals surface area contributed by atoms with Crippen LogP contribution in [0.4, 0.5) is 19.0 Å². The first-order valence-corrected chi connectivity index (χ1v) is 6.59. The van der Waals surface area contributed by atoms with Crippen molar-refractivity contribution in [2.24, 2.45) is 0 Å². The average Bonchev–Trinajstić information content (AvgIpc) is 2.43. The van der Waals surface area contributed by atoms with Gasteiger partial charge < -0.3 is 15.5 Å². The molecule has 0 radical (unpaired) electrons. The second-order valence-electron chi connectivity index (χ2n) is 3.58. The molecule has 3 N–H and O–H groups in total. The van der Waals surface area contributed by atoms with Crippen molar-refractivity contribution in [2.75, 3.05) is 11.9 Å². The van der Waals surface area contributed by atoms with E-state index < -0.39 is 18.1 Å². The highest BCUT2D eigenvalue weighted by molar-refractivity contribution is 9.11. The molecule has 0 aliphatic heterocycles. The highest BCUT2D eigenvalue weighted by Gasteiger charge is 2.38. The topological polar surface area (TPSA) is 99.5 Å². The minimum atomic E-state index is -5.08. The van der Waals surface area contributed by atoms with Gasteiger partial charge in [-0.3, -0.25) is 0 Å². The van der Waals surface area contributed by atoms with Crippen LogP contribution in [0.3, 0.4) is 0 Å². The number of nitrogens with one attached hydrogen (secondary N) is 1. The summed E-state index contributed by atoms with van der Waals surface area (Å²) in [5.41, 5.74) is 0.195. The van der Waals surface area contributed by atoms with Gasteiger partial charge >= 0.3 is 18.1 Å². The smallest absolute Gasteiger partial charge is 0.478 e. The quantitative estimate of drug-likeness (QED) is 0.674. The zero-order valence-corrected chi connectivity index (χ0v) is 12.6. The molecule has 1 heterocycles. The molecule has 0 aromatic carbocycles. The Morgan fingerprint density at radius 1 is 1.36 bits per heavy atom. The van der Waals surface area contributed by atoms with Crippen LogP contribution >= 0.6 is 15.9 Å². The van der Waals surface area contributed by atoms with E-state index in [1.807, 2.05) is 6.08 Å². The highest BCUT2D eigenvalue weighted by atomic mass is 79.9. The summed E-state index contributed by atoms with van der Waals surface area (Å²) in [5, 5.41) is 19.0. The third kappa shape index (κ3) is 8.25. The first-order chi connectivity index (χ1) is 10.2. The molecule has 0 fully saturated rings. The first kappa shape index (κ1) is 19.9. The number of pyridine rings is 1. The maximum absolute atomic E-state index is 10.8. The van der Waals surface area contributed by atoms with E-state index in [9.17, 15) is 18.0 Å². The zero-order chi connectivity index (χ0) is 17.2. The molecule has 6 nitrogen and oxygen atoms in total. The zero-order valence-electron chi connectivity index (χ0n) is 11.0. The Hall–Kier alpha value is -2.10. The fraction of sp³-hybridized carbons (Fsp3) is 0.250. The van der Waals surface area contributed by atoms with E-state index in [1.54, 1.807) is 17.2 Å². The summed E-state index contributed by atoms with van der Waals surface area (Å²) < 4.78 is 31.7. The number of aliphatic carboxylic acids is 1. The molecule has 0 aliphatic carbocycles. The molecule has 0 saturated heterocycles. The third-order valence-corrected chi connectivity index (χ3v) is 2.35. The Kier molecular flexibility index (Phi) is 8.83. The molecule has 1 aromatic rings. The fourth-order valence-electron chi connectivity index (χ4n) is 1.06. The van der Waals surface area contributed by atoms with Gasteiger partial charge in [0, 0.05) is 12.7 Å². The lowest BCUT2D eigenvalue weighted by Crippen LogP contribution is -2.21. The maximum Gasteiger partial charge on any atom is 0.490 e. The highest BCUT2D eigenvalue weighted by Crippen LogP contribution is 2.13. The lowest BCUT2D eigenvalue weighted by atomic mass is 10.2. The predicted molar refractivity (Wildman–Crippen MR) is 76.1 cm³/mol. The van der Waals surface area contributed by atoms with Gasteiger partial charge in [0.2, 0.25) is 0 Å². The fourth-order valence-corrected chi connectivity index (χ4v) is 1.32. The molecule has 0 atom stereocenters. The van der Waals surface area contributed by atoms with Gasteiger partial charge in [-0.15, -0.1) is 0 Å². The Morgan fingerprint density at radius 3 is 2.41 bits per heavy atom. The van der Waals surface area contributed by atoms with E-state index in [-0.39, 0.29) is 5.56 Å². The number of carbonyl (C=O) groups is 2. The molecule has 0 spiro atoms. The van der Waals surface area contributed by atoms with E-state index in [2.05, 4.69) is 26.2 Å². The van der Waals surface area contributed by atoms with Gasteiger partial charge in [-0.05, 0) is 23.5 Å². The van der Waals surface area contributed by atoms with Crippen molar-refractivity contribution in [1.82, 2.24) is 4.98 Å². The van der Waals surface area contributed by atoms with Crippen LogP contribution in [0.15, 0.2) is 29.4 Å². The summed E-state index contributed by atoms with van der Waals surface area (Å²) in [6, 6.07) is 3.13. The molecule has 1 aromatic heterocycles. The van der Waals surface area contributed by atoms with Crippen molar-refractivity contribution in [2.45, 2.75) is 12.6 Å². The summed E-state index contributed by atoms with van der Waals surface area (Å²) in [5.74, 6) is -3.32. The van der Waals surface area contributed by atoms with Crippen LogP contribution in [-0.2, 0) is 4.79 Å². The number of rotatable bonds is 5. The molecule has 10 heteroatoms. The van der Waals surface area contributed by atoms with Crippen LogP contribution in [0.1, 0.15) is 16.8 Å². The Bertz CT molecular complexity index is 535. The number of aromatic nitrogens is 1. The summed E-state index contributed by atoms with van der Waals surface area (Å²) in [6.45, 7) is 0.652. The van der Waals surface area contributed by atoms with Crippen LogP contribution in [-0.4, -0.2) is 39.9 Å². The van der Waals surface area contributed by atoms with E-state index in [0.717, 1.165) is 6.42 Å². The second-order valence-corrected chi connectivity index (χ2v) is 4.11. The Morgan fingerprint density at radius 2 is 1.95 bits per heavy atom. The van der Waals surface area contributed by atoms with Gasteiger partial charge in [-0.2, -0.15) is 13.2 Å². The Balaban J connectivity index is 0.000000534. The molecule has 0 saturated carbocycles. The number of hydrogen-bond acceptors (Lipinski definition) is 4. The van der Waals surface area contributed by atoms with Crippen LogP contribution < -0.4 is 5.32 Å². The van der Waals surface area contributed by atoms with E-state index in [4.69, 9.17) is 15.0 Å². The van der Waals surface area contributed by atoms with Gasteiger partial charge in [-0.25, -0.2) is 14.6 Å². The standard InChI is InChI=1S/C10H11BrN2O2.C2HF3O2/c11-5-1-2-6-12-9-8(10(14)15)4-3-7-13-9;3-2(4,5)1(6)7/h1,3-5,7H,2,6H2,(H,12,13)(H,14,15);(H,6,7)/b5-1+;. The van der Waals surface area contributed by atoms with Crippen molar-refractivity contribution in [1.29, 1.82) is 0 Å². The van der Waals surface area contributed by atoms with Crippen molar-refractivity contribution < 1.29 is 33.0 Å². The lowest BCUT2D eigenvalue weighted by Gasteiger charge is -2.06. The number of aromatic carboxylic acids is 1. The minimum Gasteiger partial charge on any atom is -0.478 e. The molecule has 122 valence electrons. The summed E-state index contributed by atoms with van der Waals surface area (Å²) in [7, 11) is 0. The van der Waals surface area contributed by atoms with E-state index >= 15 is 0 Å². The molecule has 1 rings (SSSR count). The number of carboxylic acid groups (broad SMARTS) is 2.